The molecule has 8 nitrogen and oxygen atoms in total. The lowest BCUT2D eigenvalue weighted by atomic mass is 10.0. The minimum Gasteiger partial charge on any atom is -0.364 e. The van der Waals surface area contributed by atoms with Gasteiger partial charge in [-0.3, -0.25) is 9.78 Å². The minimum absolute atomic E-state index is 0.0592. The highest BCUT2D eigenvalue weighted by Gasteiger charge is 2.47. The number of anilines is 1. The second kappa shape index (κ2) is 7.64. The molecule has 2 aliphatic rings. The highest BCUT2D eigenvalue weighted by molar-refractivity contribution is 5.99. The van der Waals surface area contributed by atoms with Crippen LogP contribution >= 0.6 is 0 Å². The maximum atomic E-state index is 13.6. The van der Waals surface area contributed by atoms with Crippen LogP contribution in [0.5, 0.6) is 0 Å². The molecule has 1 saturated heterocycles. The van der Waals surface area contributed by atoms with Crippen LogP contribution < -0.4 is 5.32 Å². The van der Waals surface area contributed by atoms with Crippen molar-refractivity contribution >= 4 is 11.7 Å². The van der Waals surface area contributed by atoms with Crippen LogP contribution in [0.1, 0.15) is 34.6 Å². The number of halogens is 1. The Morgan fingerprint density at radius 3 is 2.55 bits per heavy atom. The number of amides is 1. The molecular weight excluding hydrogens is 397 g/mol. The van der Waals surface area contributed by atoms with E-state index in [2.05, 4.69) is 30.2 Å². The average molecular weight is 419 g/mol. The van der Waals surface area contributed by atoms with Gasteiger partial charge in [0.1, 0.15) is 11.5 Å². The smallest absolute Gasteiger partial charge is 0.256 e. The number of carbonyl (C=O) groups excluding carboxylic acids is 1. The van der Waals surface area contributed by atoms with E-state index in [1.807, 2.05) is 18.7 Å². The number of carbonyl (C=O) groups is 1. The predicted octanol–water partition coefficient (Wildman–Crippen LogP) is 2.80. The van der Waals surface area contributed by atoms with Crippen LogP contribution in [0, 0.1) is 25.6 Å². The van der Waals surface area contributed by atoms with Gasteiger partial charge < -0.3 is 10.2 Å². The summed E-state index contributed by atoms with van der Waals surface area (Å²) in [6, 6.07) is 3.73. The van der Waals surface area contributed by atoms with Crippen molar-refractivity contribution in [2.45, 2.75) is 38.8 Å². The summed E-state index contributed by atoms with van der Waals surface area (Å²) in [7, 11) is 0. The zero-order valence-corrected chi connectivity index (χ0v) is 17.3. The van der Waals surface area contributed by atoms with E-state index in [-0.39, 0.29) is 23.8 Å². The van der Waals surface area contributed by atoms with E-state index in [9.17, 15) is 9.18 Å². The van der Waals surface area contributed by atoms with Crippen LogP contribution in [-0.2, 0) is 0 Å². The number of nitrogens with one attached hydrogen (secondary N) is 1. The second-order valence-corrected chi connectivity index (χ2v) is 8.23. The van der Waals surface area contributed by atoms with E-state index in [4.69, 9.17) is 0 Å². The number of rotatable bonds is 4. The van der Waals surface area contributed by atoms with Crippen molar-refractivity contribution in [3.8, 4) is 11.5 Å². The lowest BCUT2D eigenvalue weighted by Crippen LogP contribution is -2.48. The number of hydrogen-bond acceptors (Lipinski definition) is 7. The summed E-state index contributed by atoms with van der Waals surface area (Å²) >= 11 is 0. The highest BCUT2D eigenvalue weighted by atomic mass is 19.1. The van der Waals surface area contributed by atoms with Gasteiger partial charge in [0.15, 0.2) is 11.6 Å². The summed E-state index contributed by atoms with van der Waals surface area (Å²) < 4.78 is 13.3. The lowest BCUT2D eigenvalue weighted by Gasteiger charge is -2.34. The topological polar surface area (TPSA) is 96.8 Å². The van der Waals surface area contributed by atoms with E-state index in [0.29, 0.717) is 29.5 Å². The first-order valence-corrected chi connectivity index (χ1v) is 10.3. The van der Waals surface area contributed by atoms with Gasteiger partial charge >= 0.3 is 0 Å². The van der Waals surface area contributed by atoms with Crippen LogP contribution in [-0.4, -0.2) is 54.4 Å². The van der Waals surface area contributed by atoms with Crippen molar-refractivity contribution < 1.29 is 9.18 Å². The van der Waals surface area contributed by atoms with Crippen molar-refractivity contribution in [2.24, 2.45) is 5.92 Å². The van der Waals surface area contributed by atoms with Gasteiger partial charge in [0.25, 0.3) is 5.91 Å². The summed E-state index contributed by atoms with van der Waals surface area (Å²) in [5, 5.41) is 3.45. The molecular formula is C22H22FN7O. The summed E-state index contributed by atoms with van der Waals surface area (Å²) in [5.74, 6) is 0.753. The molecule has 1 aliphatic carbocycles. The molecule has 5 rings (SSSR count). The third-order valence-corrected chi connectivity index (χ3v) is 5.95. The van der Waals surface area contributed by atoms with Crippen LogP contribution in [0.3, 0.4) is 0 Å². The number of nitrogens with zero attached hydrogens (tertiary/aromatic N) is 6. The SMILES string of the molecule is Cc1cnc(NC2CC3CC2N(C(=O)c2ccc(C)nc2-c2ncc(F)cn2)C3)cn1. The molecule has 31 heavy (non-hydrogen) atoms. The first-order valence-electron chi connectivity index (χ1n) is 10.3. The molecule has 3 aromatic rings. The van der Waals surface area contributed by atoms with Gasteiger partial charge in [-0.15, -0.1) is 0 Å². The van der Waals surface area contributed by atoms with Gasteiger partial charge in [-0.05, 0) is 44.7 Å². The van der Waals surface area contributed by atoms with E-state index in [1.54, 1.807) is 24.5 Å². The Morgan fingerprint density at radius 1 is 1.03 bits per heavy atom. The second-order valence-electron chi connectivity index (χ2n) is 8.23. The number of likely N-dealkylation sites (tertiary alicyclic amines) is 1. The van der Waals surface area contributed by atoms with Crippen molar-refractivity contribution in [1.82, 2.24) is 29.8 Å². The number of fused-ring (bicyclic) bond motifs is 2. The van der Waals surface area contributed by atoms with E-state index >= 15 is 0 Å². The van der Waals surface area contributed by atoms with Gasteiger partial charge in [0.05, 0.1) is 42.1 Å². The maximum Gasteiger partial charge on any atom is 0.256 e. The Balaban J connectivity index is 1.41. The fraction of sp³-hybridized carbons (Fsp3) is 0.364. The molecule has 2 bridgehead atoms. The van der Waals surface area contributed by atoms with Gasteiger partial charge in [0.2, 0.25) is 0 Å². The van der Waals surface area contributed by atoms with Gasteiger partial charge in [-0.25, -0.2) is 24.3 Å². The Kier molecular flexibility index (Phi) is 4.80. The molecule has 3 atom stereocenters. The molecule has 1 saturated carbocycles. The van der Waals surface area contributed by atoms with Crippen molar-refractivity contribution in [1.29, 1.82) is 0 Å². The zero-order valence-electron chi connectivity index (χ0n) is 17.3. The molecule has 0 spiro atoms. The molecule has 3 unspecified atom stereocenters. The van der Waals surface area contributed by atoms with E-state index in [1.165, 1.54) is 0 Å². The first-order chi connectivity index (χ1) is 15.0. The van der Waals surface area contributed by atoms with E-state index < -0.39 is 5.82 Å². The van der Waals surface area contributed by atoms with Crippen molar-refractivity contribution in [3.05, 3.63) is 59.7 Å². The predicted molar refractivity (Wildman–Crippen MR) is 112 cm³/mol. The monoisotopic (exact) mass is 419 g/mol. The molecule has 1 amide bonds. The molecule has 1 N–H and O–H groups in total. The van der Waals surface area contributed by atoms with Crippen LogP contribution in [0.25, 0.3) is 11.5 Å². The van der Waals surface area contributed by atoms with E-state index in [0.717, 1.165) is 36.6 Å². The third kappa shape index (κ3) is 3.71. The molecule has 3 aromatic heterocycles. The maximum absolute atomic E-state index is 13.6. The van der Waals surface area contributed by atoms with Crippen LogP contribution in [0.2, 0.25) is 0 Å². The van der Waals surface area contributed by atoms with Gasteiger partial charge in [0, 0.05) is 18.3 Å². The lowest BCUT2D eigenvalue weighted by molar-refractivity contribution is 0.0692. The number of piperidine rings is 1. The summed E-state index contributed by atoms with van der Waals surface area (Å²) in [4.78, 5) is 36.7. The number of pyridine rings is 1. The van der Waals surface area contributed by atoms with Gasteiger partial charge in [-0.2, -0.15) is 0 Å². The normalized spacial score (nSPS) is 22.0. The molecule has 9 heteroatoms. The number of hydrogen-bond donors (Lipinski definition) is 1. The standard InChI is InChI=1S/C22H22FN7O/c1-12-3-4-16(20(28-12)21-26-8-15(23)9-27-21)22(31)30-11-14-5-17(18(30)6-14)29-19-10-24-13(2)7-25-19/h3-4,7-10,14,17-18H,5-6,11H2,1-2H3,(H,25,29). The van der Waals surface area contributed by atoms with Crippen LogP contribution in [0.4, 0.5) is 10.2 Å². The Bertz CT molecular complexity index is 1120. The molecule has 0 aromatic carbocycles. The van der Waals surface area contributed by atoms with Crippen LogP contribution in [0.15, 0.2) is 36.9 Å². The summed E-state index contributed by atoms with van der Waals surface area (Å²) in [5.41, 5.74) is 2.40. The molecule has 1 aliphatic heterocycles. The fourth-order valence-corrected chi connectivity index (χ4v) is 4.56. The molecule has 2 fully saturated rings. The Labute approximate surface area is 179 Å². The summed E-state index contributed by atoms with van der Waals surface area (Å²) in [6.07, 6.45) is 7.56. The molecule has 158 valence electrons. The highest BCUT2D eigenvalue weighted by Crippen LogP contribution is 2.40. The quantitative estimate of drug-likeness (QED) is 0.694. The first kappa shape index (κ1) is 19.5. The minimum atomic E-state index is -0.533. The average Bonchev–Trinajstić information content (AvgIpc) is 3.36. The third-order valence-electron chi connectivity index (χ3n) is 5.95. The van der Waals surface area contributed by atoms with Crippen molar-refractivity contribution in [3.63, 3.8) is 0 Å². The number of aryl methyl sites for hydroxylation is 2. The zero-order chi connectivity index (χ0) is 21.5. The Morgan fingerprint density at radius 2 is 1.84 bits per heavy atom. The largest absolute Gasteiger partial charge is 0.364 e. The summed E-state index contributed by atoms with van der Waals surface area (Å²) in [6.45, 7) is 4.44. The van der Waals surface area contributed by atoms with Crippen molar-refractivity contribution in [2.75, 3.05) is 11.9 Å². The fourth-order valence-electron chi connectivity index (χ4n) is 4.56. The number of aromatic nitrogens is 5. The molecule has 4 heterocycles. The van der Waals surface area contributed by atoms with Gasteiger partial charge in [-0.1, -0.05) is 0 Å². The molecule has 0 radical (unpaired) electrons. The Hall–Kier alpha value is -3.49.